The number of hydrogen-bond acceptors (Lipinski definition) is 3. The Balaban J connectivity index is 1.86. The van der Waals surface area contributed by atoms with Gasteiger partial charge < -0.3 is 9.84 Å². The second-order valence-electron chi connectivity index (χ2n) is 6.61. The fourth-order valence-corrected chi connectivity index (χ4v) is 4.25. The Kier molecular flexibility index (Phi) is 3.24. The number of ether oxygens (including phenoxy) is 1. The van der Waals surface area contributed by atoms with Crippen LogP contribution in [0.1, 0.15) is 71.1 Å². The van der Waals surface area contributed by atoms with E-state index in [-0.39, 0.29) is 12.1 Å². The molecule has 1 N–H and O–H groups in total. The van der Waals surface area contributed by atoms with E-state index < -0.39 is 11.3 Å². The van der Waals surface area contributed by atoms with Gasteiger partial charge in [0.15, 0.2) is 11.3 Å². The average Bonchev–Trinajstić information content (AvgIpc) is 2.58. The zero-order chi connectivity index (χ0) is 13.5. The third-order valence-corrected chi connectivity index (χ3v) is 5.41. The first-order valence-corrected chi connectivity index (χ1v) is 7.81. The Bertz CT molecular complexity index is 354. The summed E-state index contributed by atoms with van der Waals surface area (Å²) in [7, 11) is 0. The molecule has 0 aromatic rings. The number of aliphatic hydroxyl groups is 1. The van der Waals surface area contributed by atoms with Crippen molar-refractivity contribution in [2.45, 2.75) is 88.5 Å². The number of rotatable bonds is 1. The maximum Gasteiger partial charge on any atom is 0.413 e. The summed E-state index contributed by atoms with van der Waals surface area (Å²) in [6, 6.07) is 0.164. The van der Waals surface area contributed by atoms with Gasteiger partial charge in [-0.05, 0) is 45.4 Å². The van der Waals surface area contributed by atoms with Crippen molar-refractivity contribution in [3.63, 3.8) is 0 Å². The van der Waals surface area contributed by atoms with E-state index in [1.165, 1.54) is 12.8 Å². The van der Waals surface area contributed by atoms with Gasteiger partial charge in [-0.2, -0.15) is 0 Å². The molecule has 0 aromatic carbocycles. The number of nitrogens with zero attached hydrogens (tertiary/aromatic N) is 1. The van der Waals surface area contributed by atoms with E-state index in [1.54, 1.807) is 11.8 Å². The van der Waals surface area contributed by atoms with E-state index in [0.29, 0.717) is 0 Å². The van der Waals surface area contributed by atoms with Crippen LogP contribution in [0, 0.1) is 0 Å². The van der Waals surface area contributed by atoms with Crippen molar-refractivity contribution in [1.82, 2.24) is 4.90 Å². The van der Waals surface area contributed by atoms with Crippen molar-refractivity contribution in [3.8, 4) is 0 Å². The Morgan fingerprint density at radius 2 is 1.68 bits per heavy atom. The zero-order valence-corrected chi connectivity index (χ0v) is 11.9. The Morgan fingerprint density at radius 1 is 1.11 bits per heavy atom. The van der Waals surface area contributed by atoms with Crippen LogP contribution in [0.3, 0.4) is 0 Å². The van der Waals surface area contributed by atoms with Gasteiger partial charge in [-0.3, -0.25) is 4.90 Å². The lowest BCUT2D eigenvalue weighted by atomic mass is 9.77. The summed E-state index contributed by atoms with van der Waals surface area (Å²) < 4.78 is 5.71. The monoisotopic (exact) mass is 267 g/mol. The van der Waals surface area contributed by atoms with Crippen molar-refractivity contribution >= 4 is 6.09 Å². The molecule has 1 saturated heterocycles. The predicted octanol–water partition coefficient (Wildman–Crippen LogP) is 3.18. The summed E-state index contributed by atoms with van der Waals surface area (Å²) in [5, 5.41) is 11.0. The molecule has 19 heavy (non-hydrogen) atoms. The highest BCUT2D eigenvalue weighted by Crippen LogP contribution is 2.48. The van der Waals surface area contributed by atoms with Gasteiger partial charge in [0.2, 0.25) is 0 Å². The molecule has 2 aliphatic carbocycles. The normalized spacial score (nSPS) is 35.7. The van der Waals surface area contributed by atoms with E-state index in [4.69, 9.17) is 4.74 Å². The highest BCUT2D eigenvalue weighted by atomic mass is 16.6. The molecule has 108 valence electrons. The highest BCUT2D eigenvalue weighted by Gasteiger charge is 2.63. The molecule has 1 aliphatic heterocycles. The summed E-state index contributed by atoms with van der Waals surface area (Å²) in [5.74, 6) is 0. The van der Waals surface area contributed by atoms with Gasteiger partial charge in [-0.25, -0.2) is 4.79 Å². The molecular weight excluding hydrogens is 242 g/mol. The van der Waals surface area contributed by atoms with Crippen molar-refractivity contribution in [1.29, 1.82) is 0 Å². The largest absolute Gasteiger partial charge is 0.438 e. The van der Waals surface area contributed by atoms with Crippen molar-refractivity contribution in [3.05, 3.63) is 0 Å². The first-order chi connectivity index (χ1) is 9.07. The molecule has 1 atom stereocenters. The third-order valence-electron chi connectivity index (χ3n) is 5.41. The van der Waals surface area contributed by atoms with Crippen LogP contribution >= 0.6 is 0 Å². The lowest BCUT2D eigenvalue weighted by Gasteiger charge is -2.44. The van der Waals surface area contributed by atoms with Crippen LogP contribution in [-0.4, -0.2) is 33.5 Å². The molecule has 3 fully saturated rings. The summed E-state index contributed by atoms with van der Waals surface area (Å²) in [6.45, 7) is 1.79. The van der Waals surface area contributed by atoms with Gasteiger partial charge in [-0.15, -0.1) is 0 Å². The Labute approximate surface area is 115 Å². The van der Waals surface area contributed by atoms with Crippen LogP contribution < -0.4 is 0 Å². The average molecular weight is 267 g/mol. The van der Waals surface area contributed by atoms with Crippen molar-refractivity contribution in [2.75, 3.05) is 0 Å². The van der Waals surface area contributed by atoms with E-state index >= 15 is 0 Å². The molecule has 2 saturated carbocycles. The molecule has 1 spiro atoms. The van der Waals surface area contributed by atoms with E-state index in [9.17, 15) is 9.90 Å². The first kappa shape index (κ1) is 13.2. The van der Waals surface area contributed by atoms with Gasteiger partial charge in [0.05, 0.1) is 0 Å². The molecule has 3 aliphatic rings. The fraction of sp³-hybridized carbons (Fsp3) is 0.933. The zero-order valence-electron chi connectivity index (χ0n) is 11.9. The minimum atomic E-state index is -1.13. The molecule has 0 radical (unpaired) electrons. The molecule has 4 heteroatoms. The summed E-state index contributed by atoms with van der Waals surface area (Å²) in [4.78, 5) is 14.0. The molecule has 1 amide bonds. The lowest BCUT2D eigenvalue weighted by molar-refractivity contribution is -0.168. The number of hydrogen-bond donors (Lipinski definition) is 1. The van der Waals surface area contributed by atoms with Crippen molar-refractivity contribution in [2.24, 2.45) is 0 Å². The molecule has 0 aromatic heterocycles. The molecule has 3 rings (SSSR count). The first-order valence-electron chi connectivity index (χ1n) is 7.81. The SMILES string of the molecule is C[C@]1(O)N(C2CCCCC2)C(=O)OC12CCCCC2. The quantitative estimate of drug-likeness (QED) is 0.793. The molecule has 0 unspecified atom stereocenters. The number of carbonyl (C=O) groups excluding carboxylic acids is 1. The van der Waals surface area contributed by atoms with Crippen LogP contribution in [0.25, 0.3) is 0 Å². The van der Waals surface area contributed by atoms with Crippen LogP contribution in [0.5, 0.6) is 0 Å². The Morgan fingerprint density at radius 3 is 2.32 bits per heavy atom. The van der Waals surface area contributed by atoms with Crippen LogP contribution in [0.15, 0.2) is 0 Å². The molecule has 4 nitrogen and oxygen atoms in total. The summed E-state index contributed by atoms with van der Waals surface area (Å²) in [6.07, 6.45) is 10.1. The Hall–Kier alpha value is -0.770. The molecule has 0 bridgehead atoms. The minimum absolute atomic E-state index is 0.164. The van der Waals surface area contributed by atoms with Gasteiger partial charge in [0.25, 0.3) is 0 Å². The van der Waals surface area contributed by atoms with Gasteiger partial charge in [-0.1, -0.05) is 25.7 Å². The number of carbonyl (C=O) groups is 1. The van der Waals surface area contributed by atoms with Crippen LogP contribution in [0.4, 0.5) is 4.79 Å². The molecule has 1 heterocycles. The minimum Gasteiger partial charge on any atom is -0.438 e. The second-order valence-corrected chi connectivity index (χ2v) is 6.61. The van der Waals surface area contributed by atoms with Crippen molar-refractivity contribution < 1.29 is 14.6 Å². The third kappa shape index (κ3) is 1.95. The summed E-state index contributed by atoms with van der Waals surface area (Å²) >= 11 is 0. The maximum absolute atomic E-state index is 12.3. The fourth-order valence-electron chi connectivity index (χ4n) is 4.25. The van der Waals surface area contributed by atoms with E-state index in [0.717, 1.165) is 51.4 Å². The smallest absolute Gasteiger partial charge is 0.413 e. The van der Waals surface area contributed by atoms with Gasteiger partial charge in [0.1, 0.15) is 0 Å². The topological polar surface area (TPSA) is 49.8 Å². The summed E-state index contributed by atoms with van der Waals surface area (Å²) in [5.41, 5.74) is -1.79. The highest BCUT2D eigenvalue weighted by molar-refractivity contribution is 5.72. The van der Waals surface area contributed by atoms with Crippen LogP contribution in [0.2, 0.25) is 0 Å². The standard InChI is InChI=1S/C15H25NO3/c1-14(18)15(10-6-3-7-11-15)19-13(17)16(14)12-8-4-2-5-9-12/h12,18H,2-11H2,1H3/t14-/m1/s1. The van der Waals surface area contributed by atoms with Gasteiger partial charge >= 0.3 is 6.09 Å². The van der Waals surface area contributed by atoms with Gasteiger partial charge in [0, 0.05) is 6.04 Å². The lowest BCUT2D eigenvalue weighted by Crippen LogP contribution is -2.60. The van der Waals surface area contributed by atoms with E-state index in [1.807, 2.05) is 0 Å². The maximum atomic E-state index is 12.3. The second kappa shape index (κ2) is 4.65. The van der Waals surface area contributed by atoms with E-state index in [2.05, 4.69) is 0 Å². The predicted molar refractivity (Wildman–Crippen MR) is 71.6 cm³/mol. The number of amides is 1. The van der Waals surface area contributed by atoms with Crippen LogP contribution in [-0.2, 0) is 4.74 Å². The molecular formula is C15H25NO3.